The minimum absolute atomic E-state index is 0.0455. The van der Waals surface area contributed by atoms with Crippen molar-refractivity contribution in [1.29, 1.82) is 0 Å². The van der Waals surface area contributed by atoms with E-state index in [1.807, 2.05) is 6.92 Å². The molecule has 0 aliphatic heterocycles. The Morgan fingerprint density at radius 2 is 1.60 bits per heavy atom. The summed E-state index contributed by atoms with van der Waals surface area (Å²) in [5.74, 6) is 0.416. The van der Waals surface area contributed by atoms with Crippen molar-refractivity contribution in [2.75, 3.05) is 6.61 Å². The molecule has 3 heteroatoms. The third-order valence-corrected chi connectivity index (χ3v) is 7.53. The van der Waals surface area contributed by atoms with Gasteiger partial charge in [-0.1, -0.05) is 34.6 Å². The molecule has 92 valence electrons. The largest absolute Gasteiger partial charge is 0.392 e. The Kier molecular flexibility index (Phi) is 5.51. The van der Waals surface area contributed by atoms with Crippen LogP contribution in [-0.4, -0.2) is 21.2 Å². The molecule has 0 spiro atoms. The SMILES string of the molecule is CCOC(O[Si](C)(C)C(C)(C)C)C(C)C. The van der Waals surface area contributed by atoms with Gasteiger partial charge in [-0.05, 0) is 25.1 Å². The molecule has 15 heavy (non-hydrogen) atoms. The zero-order valence-corrected chi connectivity index (χ0v) is 12.7. The van der Waals surface area contributed by atoms with E-state index in [4.69, 9.17) is 9.16 Å². The van der Waals surface area contributed by atoms with Crippen molar-refractivity contribution in [2.45, 2.75) is 66.0 Å². The zero-order valence-electron chi connectivity index (χ0n) is 11.7. The van der Waals surface area contributed by atoms with Gasteiger partial charge in [0.15, 0.2) is 8.32 Å². The smallest absolute Gasteiger partial charge is 0.195 e. The summed E-state index contributed by atoms with van der Waals surface area (Å²) >= 11 is 0. The summed E-state index contributed by atoms with van der Waals surface area (Å²) in [5.41, 5.74) is 0. The molecule has 0 rings (SSSR count). The van der Waals surface area contributed by atoms with Crippen molar-refractivity contribution in [1.82, 2.24) is 0 Å². The van der Waals surface area contributed by atoms with E-state index in [2.05, 4.69) is 47.7 Å². The molecule has 0 aliphatic carbocycles. The van der Waals surface area contributed by atoms with Gasteiger partial charge in [0.05, 0.1) is 0 Å². The first-order valence-electron chi connectivity index (χ1n) is 5.91. The molecule has 0 aromatic heterocycles. The second-order valence-corrected chi connectivity index (χ2v) is 10.7. The Labute approximate surface area is 96.5 Å². The van der Waals surface area contributed by atoms with Gasteiger partial charge in [-0.25, -0.2) is 0 Å². The van der Waals surface area contributed by atoms with Crippen LogP contribution in [0.1, 0.15) is 41.5 Å². The fraction of sp³-hybridized carbons (Fsp3) is 1.00. The van der Waals surface area contributed by atoms with Crippen molar-refractivity contribution < 1.29 is 9.16 Å². The average molecular weight is 232 g/mol. The Balaban J connectivity index is 4.52. The van der Waals surface area contributed by atoms with E-state index >= 15 is 0 Å². The van der Waals surface area contributed by atoms with Crippen LogP contribution < -0.4 is 0 Å². The maximum atomic E-state index is 6.22. The molecule has 1 atom stereocenters. The number of hydrogen-bond donors (Lipinski definition) is 0. The second-order valence-electron chi connectivity index (χ2n) is 5.95. The standard InChI is InChI=1S/C12H28O2Si/c1-9-13-11(10(2)3)14-15(7,8)12(4,5)6/h10-11H,9H2,1-8H3. The van der Waals surface area contributed by atoms with E-state index < -0.39 is 8.32 Å². The van der Waals surface area contributed by atoms with Crippen molar-refractivity contribution in [3.63, 3.8) is 0 Å². The third kappa shape index (κ3) is 4.66. The van der Waals surface area contributed by atoms with Crippen molar-refractivity contribution in [3.05, 3.63) is 0 Å². The molecule has 0 saturated carbocycles. The van der Waals surface area contributed by atoms with Crippen LogP contribution in [0.3, 0.4) is 0 Å². The van der Waals surface area contributed by atoms with Crippen LogP contribution in [0.15, 0.2) is 0 Å². The van der Waals surface area contributed by atoms with E-state index in [9.17, 15) is 0 Å². The Morgan fingerprint density at radius 1 is 1.13 bits per heavy atom. The van der Waals surface area contributed by atoms with Crippen LogP contribution in [0, 0.1) is 5.92 Å². The molecule has 0 radical (unpaired) electrons. The minimum atomic E-state index is -1.69. The third-order valence-electron chi connectivity index (χ3n) is 3.09. The molecule has 0 heterocycles. The van der Waals surface area contributed by atoms with Crippen LogP contribution in [0.2, 0.25) is 18.1 Å². The zero-order chi connectivity index (χ0) is 12.3. The van der Waals surface area contributed by atoms with Crippen molar-refractivity contribution in [2.24, 2.45) is 5.92 Å². The van der Waals surface area contributed by atoms with E-state index in [-0.39, 0.29) is 11.3 Å². The van der Waals surface area contributed by atoms with Crippen molar-refractivity contribution >= 4 is 8.32 Å². The fourth-order valence-corrected chi connectivity index (χ4v) is 2.27. The molecule has 0 saturated heterocycles. The van der Waals surface area contributed by atoms with Gasteiger partial charge < -0.3 is 9.16 Å². The summed E-state index contributed by atoms with van der Waals surface area (Å²) in [4.78, 5) is 0. The van der Waals surface area contributed by atoms with Crippen molar-refractivity contribution in [3.8, 4) is 0 Å². The molecule has 2 nitrogen and oxygen atoms in total. The number of hydrogen-bond acceptors (Lipinski definition) is 2. The normalized spacial score (nSPS) is 15.8. The summed E-state index contributed by atoms with van der Waals surface area (Å²) < 4.78 is 11.9. The molecular formula is C12H28O2Si. The van der Waals surface area contributed by atoms with Gasteiger partial charge in [0.1, 0.15) is 6.29 Å². The molecule has 0 fully saturated rings. The molecule has 0 aromatic rings. The fourth-order valence-electron chi connectivity index (χ4n) is 0.994. The summed E-state index contributed by atoms with van der Waals surface area (Å²) in [7, 11) is -1.69. The Hall–Kier alpha value is 0.137. The first-order chi connectivity index (χ1) is 6.62. The van der Waals surface area contributed by atoms with E-state index in [0.29, 0.717) is 5.92 Å². The minimum Gasteiger partial charge on any atom is -0.392 e. The molecule has 0 amide bonds. The van der Waals surface area contributed by atoms with E-state index in [1.165, 1.54) is 0 Å². The maximum Gasteiger partial charge on any atom is 0.195 e. The van der Waals surface area contributed by atoms with Crippen LogP contribution in [-0.2, 0) is 9.16 Å². The predicted octanol–water partition coefficient (Wildman–Crippen LogP) is 4.03. The first-order valence-corrected chi connectivity index (χ1v) is 8.82. The van der Waals surface area contributed by atoms with Crippen LogP contribution >= 0.6 is 0 Å². The lowest BCUT2D eigenvalue weighted by Crippen LogP contribution is -2.46. The summed E-state index contributed by atoms with van der Waals surface area (Å²) in [6, 6.07) is 0. The maximum absolute atomic E-state index is 6.22. The predicted molar refractivity (Wildman–Crippen MR) is 68.5 cm³/mol. The monoisotopic (exact) mass is 232 g/mol. The van der Waals surface area contributed by atoms with Crippen LogP contribution in [0.25, 0.3) is 0 Å². The number of rotatable bonds is 5. The molecule has 0 N–H and O–H groups in total. The highest BCUT2D eigenvalue weighted by atomic mass is 28.4. The van der Waals surface area contributed by atoms with Crippen LogP contribution in [0.5, 0.6) is 0 Å². The highest BCUT2D eigenvalue weighted by molar-refractivity contribution is 6.74. The van der Waals surface area contributed by atoms with Gasteiger partial charge >= 0.3 is 0 Å². The molecule has 1 unspecified atom stereocenters. The summed E-state index contributed by atoms with van der Waals surface area (Å²) in [5, 5.41) is 0.247. The summed E-state index contributed by atoms with van der Waals surface area (Å²) in [6.45, 7) is 18.3. The molecule has 0 aliphatic rings. The van der Waals surface area contributed by atoms with Gasteiger partial charge in [-0.2, -0.15) is 0 Å². The van der Waals surface area contributed by atoms with Gasteiger partial charge in [-0.15, -0.1) is 0 Å². The Bertz CT molecular complexity index is 183. The Morgan fingerprint density at radius 3 is 1.87 bits per heavy atom. The van der Waals surface area contributed by atoms with E-state index in [0.717, 1.165) is 6.61 Å². The van der Waals surface area contributed by atoms with E-state index in [1.54, 1.807) is 0 Å². The lowest BCUT2D eigenvalue weighted by atomic mass is 10.2. The van der Waals surface area contributed by atoms with Gasteiger partial charge in [0.25, 0.3) is 0 Å². The van der Waals surface area contributed by atoms with Gasteiger partial charge in [-0.3, -0.25) is 0 Å². The average Bonchev–Trinajstić information content (AvgIpc) is 2.00. The molecule has 0 bridgehead atoms. The van der Waals surface area contributed by atoms with Gasteiger partial charge in [0.2, 0.25) is 0 Å². The quantitative estimate of drug-likeness (QED) is 0.526. The second kappa shape index (κ2) is 5.46. The molecule has 0 aromatic carbocycles. The summed E-state index contributed by atoms with van der Waals surface area (Å²) in [6.07, 6.45) is -0.0455. The lowest BCUT2D eigenvalue weighted by molar-refractivity contribution is -0.111. The number of ether oxygens (including phenoxy) is 1. The highest BCUT2D eigenvalue weighted by Gasteiger charge is 2.39. The van der Waals surface area contributed by atoms with Gasteiger partial charge in [0, 0.05) is 12.5 Å². The molecular weight excluding hydrogens is 204 g/mol. The highest BCUT2D eigenvalue weighted by Crippen LogP contribution is 2.38. The lowest BCUT2D eigenvalue weighted by Gasteiger charge is -2.40. The first kappa shape index (κ1) is 15.1. The topological polar surface area (TPSA) is 18.5 Å². The van der Waals surface area contributed by atoms with Crippen LogP contribution in [0.4, 0.5) is 0 Å².